The molecule has 0 bridgehead atoms. The Labute approximate surface area is 177 Å². The standard InChI is InChI=1S/C21H30N2O4S2/c1-4-18-21(25)23-17-12-15(8-9-19(17)28-18)29(26,27)11-10-20(24)22-16-7-5-6-13(2)14(16)3/h8-9,12-14,16,18H,4-7,10-11H2,1-3H3,(H,22,24)(H,23,25). The van der Waals surface area contributed by atoms with Crippen LogP contribution in [0.25, 0.3) is 0 Å². The first-order valence-corrected chi connectivity index (χ1v) is 12.9. The van der Waals surface area contributed by atoms with Crippen LogP contribution in [0.3, 0.4) is 0 Å². The molecule has 4 unspecified atom stereocenters. The number of nitrogens with one attached hydrogen (secondary N) is 2. The van der Waals surface area contributed by atoms with E-state index in [0.717, 1.165) is 17.7 Å². The van der Waals surface area contributed by atoms with Crippen molar-refractivity contribution in [3.63, 3.8) is 0 Å². The molecule has 1 aromatic carbocycles. The molecular weight excluding hydrogens is 408 g/mol. The molecule has 1 fully saturated rings. The van der Waals surface area contributed by atoms with Gasteiger partial charge in [-0.05, 0) is 42.9 Å². The second kappa shape index (κ2) is 9.08. The van der Waals surface area contributed by atoms with E-state index in [0.29, 0.717) is 23.9 Å². The number of thioether (sulfide) groups is 1. The number of carbonyl (C=O) groups excluding carboxylic acids is 2. The van der Waals surface area contributed by atoms with Gasteiger partial charge in [0.15, 0.2) is 9.84 Å². The number of hydrogen-bond acceptors (Lipinski definition) is 5. The molecule has 0 aromatic heterocycles. The number of rotatable bonds is 6. The lowest BCUT2D eigenvalue weighted by Crippen LogP contribution is -2.44. The quantitative estimate of drug-likeness (QED) is 0.708. The Bertz CT molecular complexity index is 885. The van der Waals surface area contributed by atoms with Gasteiger partial charge in [-0.15, -0.1) is 11.8 Å². The highest BCUT2D eigenvalue weighted by Gasteiger charge is 2.29. The summed E-state index contributed by atoms with van der Waals surface area (Å²) < 4.78 is 25.5. The molecule has 29 heavy (non-hydrogen) atoms. The molecule has 160 valence electrons. The zero-order valence-corrected chi connectivity index (χ0v) is 18.9. The molecule has 0 spiro atoms. The summed E-state index contributed by atoms with van der Waals surface area (Å²) in [6.45, 7) is 6.29. The number of anilines is 1. The van der Waals surface area contributed by atoms with Gasteiger partial charge >= 0.3 is 0 Å². The second-order valence-corrected chi connectivity index (χ2v) is 11.5. The van der Waals surface area contributed by atoms with Crippen LogP contribution in [0.5, 0.6) is 0 Å². The molecule has 2 N–H and O–H groups in total. The van der Waals surface area contributed by atoms with E-state index < -0.39 is 9.84 Å². The molecule has 4 atom stereocenters. The molecule has 1 saturated carbocycles. The van der Waals surface area contributed by atoms with Gasteiger partial charge in [0.05, 0.1) is 21.6 Å². The number of hydrogen-bond donors (Lipinski definition) is 2. The van der Waals surface area contributed by atoms with Crippen LogP contribution in [0.1, 0.15) is 52.9 Å². The Kier molecular flexibility index (Phi) is 6.94. The second-order valence-electron chi connectivity index (χ2n) is 8.17. The lowest BCUT2D eigenvalue weighted by atomic mass is 9.78. The van der Waals surface area contributed by atoms with E-state index in [-0.39, 0.29) is 40.2 Å². The Hall–Kier alpha value is -1.54. The van der Waals surface area contributed by atoms with Crippen LogP contribution in [0.15, 0.2) is 28.0 Å². The van der Waals surface area contributed by atoms with E-state index in [4.69, 9.17) is 0 Å². The number of carbonyl (C=O) groups is 2. The maximum Gasteiger partial charge on any atom is 0.237 e. The van der Waals surface area contributed by atoms with Crippen molar-refractivity contribution in [1.29, 1.82) is 0 Å². The van der Waals surface area contributed by atoms with Crippen LogP contribution in [0.4, 0.5) is 5.69 Å². The number of amides is 2. The Balaban J connectivity index is 1.62. The molecule has 3 rings (SSSR count). The molecule has 1 heterocycles. The minimum absolute atomic E-state index is 0.0595. The zero-order valence-electron chi connectivity index (χ0n) is 17.2. The first-order valence-electron chi connectivity index (χ1n) is 10.3. The largest absolute Gasteiger partial charge is 0.353 e. The van der Waals surface area contributed by atoms with Crippen molar-refractivity contribution in [1.82, 2.24) is 5.32 Å². The van der Waals surface area contributed by atoms with E-state index >= 15 is 0 Å². The summed E-state index contributed by atoms with van der Waals surface area (Å²) in [4.78, 5) is 25.4. The van der Waals surface area contributed by atoms with Crippen molar-refractivity contribution < 1.29 is 18.0 Å². The number of sulfone groups is 1. The Morgan fingerprint density at radius 1 is 1.28 bits per heavy atom. The van der Waals surface area contributed by atoms with E-state index in [1.807, 2.05) is 6.92 Å². The summed E-state index contributed by atoms with van der Waals surface area (Å²) in [5.74, 6) is 0.404. The summed E-state index contributed by atoms with van der Waals surface area (Å²) in [7, 11) is -3.61. The molecule has 1 aliphatic carbocycles. The smallest absolute Gasteiger partial charge is 0.237 e. The van der Waals surface area contributed by atoms with E-state index in [2.05, 4.69) is 24.5 Å². The first kappa shape index (κ1) is 22.2. The van der Waals surface area contributed by atoms with Crippen molar-refractivity contribution >= 4 is 39.1 Å². The lowest BCUT2D eigenvalue weighted by molar-refractivity contribution is -0.122. The van der Waals surface area contributed by atoms with Crippen LogP contribution in [-0.4, -0.2) is 37.3 Å². The average Bonchev–Trinajstić information content (AvgIpc) is 2.69. The minimum Gasteiger partial charge on any atom is -0.353 e. The number of fused-ring (bicyclic) bond motifs is 1. The molecule has 2 aliphatic rings. The molecule has 1 aromatic rings. The lowest BCUT2D eigenvalue weighted by Gasteiger charge is -2.34. The Morgan fingerprint density at radius 3 is 2.76 bits per heavy atom. The third-order valence-electron chi connectivity index (χ3n) is 6.15. The van der Waals surface area contributed by atoms with Crippen molar-refractivity contribution in [3.05, 3.63) is 18.2 Å². The first-order chi connectivity index (χ1) is 13.7. The topological polar surface area (TPSA) is 92.3 Å². The highest BCUT2D eigenvalue weighted by molar-refractivity contribution is 8.01. The van der Waals surface area contributed by atoms with Gasteiger partial charge in [-0.25, -0.2) is 8.42 Å². The number of benzene rings is 1. The fourth-order valence-corrected chi connectivity index (χ4v) is 6.29. The predicted molar refractivity (Wildman–Crippen MR) is 116 cm³/mol. The summed E-state index contributed by atoms with van der Waals surface area (Å²) >= 11 is 1.45. The SMILES string of the molecule is CCC1Sc2ccc(S(=O)(=O)CCC(=O)NC3CCCC(C)C3C)cc2NC1=O. The third kappa shape index (κ3) is 5.15. The van der Waals surface area contributed by atoms with E-state index in [9.17, 15) is 18.0 Å². The van der Waals surface area contributed by atoms with Crippen LogP contribution in [0, 0.1) is 11.8 Å². The van der Waals surface area contributed by atoms with Crippen LogP contribution < -0.4 is 10.6 Å². The van der Waals surface area contributed by atoms with Gasteiger partial charge in [-0.1, -0.05) is 33.6 Å². The van der Waals surface area contributed by atoms with Crippen molar-refractivity contribution in [2.24, 2.45) is 11.8 Å². The van der Waals surface area contributed by atoms with Gasteiger partial charge in [-0.3, -0.25) is 9.59 Å². The van der Waals surface area contributed by atoms with E-state index in [1.165, 1.54) is 24.2 Å². The van der Waals surface area contributed by atoms with Gasteiger partial charge in [0.25, 0.3) is 0 Å². The minimum atomic E-state index is -3.61. The van der Waals surface area contributed by atoms with Crippen LogP contribution >= 0.6 is 11.8 Å². The van der Waals surface area contributed by atoms with Gasteiger partial charge in [0.1, 0.15) is 0 Å². The summed E-state index contributed by atoms with van der Waals surface area (Å²) in [5, 5.41) is 5.67. The normalized spacial score (nSPS) is 27.1. The van der Waals surface area contributed by atoms with Gasteiger partial charge in [0.2, 0.25) is 11.8 Å². The van der Waals surface area contributed by atoms with Crippen molar-refractivity contribution in [2.45, 2.75) is 74.0 Å². The fourth-order valence-electron chi connectivity index (χ4n) is 4.00. The molecular formula is C21H30N2O4S2. The summed E-state index contributed by atoms with van der Waals surface area (Å²) in [6, 6.07) is 4.93. The molecule has 6 nitrogen and oxygen atoms in total. The molecule has 2 amide bonds. The fraction of sp³-hybridized carbons (Fsp3) is 0.619. The highest BCUT2D eigenvalue weighted by Crippen LogP contribution is 2.38. The monoisotopic (exact) mass is 438 g/mol. The zero-order chi connectivity index (χ0) is 21.2. The molecule has 0 radical (unpaired) electrons. The van der Waals surface area contributed by atoms with Gasteiger partial charge < -0.3 is 10.6 Å². The average molecular weight is 439 g/mol. The Morgan fingerprint density at radius 2 is 2.03 bits per heavy atom. The van der Waals surface area contributed by atoms with Crippen molar-refractivity contribution in [2.75, 3.05) is 11.1 Å². The van der Waals surface area contributed by atoms with Gasteiger partial charge in [0, 0.05) is 17.4 Å². The molecule has 1 aliphatic heterocycles. The summed E-state index contributed by atoms with van der Waals surface area (Å²) in [5.41, 5.74) is 0.528. The highest BCUT2D eigenvalue weighted by atomic mass is 32.2. The van der Waals surface area contributed by atoms with Gasteiger partial charge in [-0.2, -0.15) is 0 Å². The maximum absolute atomic E-state index is 12.7. The third-order valence-corrected chi connectivity index (χ3v) is 9.31. The van der Waals surface area contributed by atoms with Crippen molar-refractivity contribution in [3.8, 4) is 0 Å². The summed E-state index contributed by atoms with van der Waals surface area (Å²) in [6.07, 6.45) is 3.87. The van der Waals surface area contributed by atoms with Crippen LogP contribution in [-0.2, 0) is 19.4 Å². The molecule has 8 heteroatoms. The maximum atomic E-state index is 12.7. The molecule has 0 saturated heterocycles. The predicted octanol–water partition coefficient (Wildman–Crippen LogP) is 3.61. The van der Waals surface area contributed by atoms with Crippen LogP contribution in [0.2, 0.25) is 0 Å². The van der Waals surface area contributed by atoms with E-state index in [1.54, 1.807) is 12.1 Å².